The van der Waals surface area contributed by atoms with E-state index in [0.29, 0.717) is 13.3 Å². The molecule has 0 fully saturated rings. The zero-order valence-electron chi connectivity index (χ0n) is 11.9. The summed E-state index contributed by atoms with van der Waals surface area (Å²) in [6.45, 7) is 3.61. The fraction of sp³-hybridized carbons (Fsp3) is 0.375. The average molecular weight is 274 g/mol. The Morgan fingerprint density at radius 2 is 1.95 bits per heavy atom. The molecular formula is C16H22N2O2. The number of methoxy groups -OCH3 is 1. The molecule has 0 saturated carbocycles. The number of ether oxygens (including phenoxy) is 2. The maximum absolute atomic E-state index is 5.74. The van der Waals surface area contributed by atoms with E-state index in [1.807, 2.05) is 30.5 Å². The van der Waals surface area contributed by atoms with Gasteiger partial charge in [0.2, 0.25) is 0 Å². The fourth-order valence-electron chi connectivity index (χ4n) is 1.96. The van der Waals surface area contributed by atoms with Crippen molar-refractivity contribution < 1.29 is 9.47 Å². The van der Waals surface area contributed by atoms with Crippen molar-refractivity contribution in [2.45, 2.75) is 19.9 Å². The molecule has 0 spiro atoms. The molecule has 0 atom stereocenters. The molecule has 1 N–H and O–H groups in total. The first-order valence-electron chi connectivity index (χ1n) is 6.85. The Morgan fingerprint density at radius 1 is 1.10 bits per heavy atom. The summed E-state index contributed by atoms with van der Waals surface area (Å²) >= 11 is 0. The molecule has 108 valence electrons. The zero-order valence-corrected chi connectivity index (χ0v) is 11.9. The summed E-state index contributed by atoms with van der Waals surface area (Å²) in [6.07, 6.45) is 2.04. The Morgan fingerprint density at radius 3 is 2.75 bits per heavy atom. The van der Waals surface area contributed by atoms with Gasteiger partial charge in [-0.15, -0.1) is 0 Å². The highest BCUT2D eigenvalue weighted by molar-refractivity contribution is 5.13. The van der Waals surface area contributed by atoms with Gasteiger partial charge in [0.1, 0.15) is 6.73 Å². The topological polar surface area (TPSA) is 35.4 Å². The molecule has 1 aromatic carbocycles. The van der Waals surface area contributed by atoms with Crippen LogP contribution in [0.25, 0.3) is 0 Å². The van der Waals surface area contributed by atoms with Gasteiger partial charge in [0, 0.05) is 32.1 Å². The van der Waals surface area contributed by atoms with E-state index in [2.05, 4.69) is 28.1 Å². The molecule has 4 nitrogen and oxygen atoms in total. The third-order valence-corrected chi connectivity index (χ3v) is 3.05. The average Bonchev–Trinajstić information content (AvgIpc) is 2.92. The highest BCUT2D eigenvalue weighted by atomic mass is 16.5. The molecule has 1 aromatic heterocycles. The van der Waals surface area contributed by atoms with Crippen LogP contribution in [0.4, 0.5) is 0 Å². The second-order valence-electron chi connectivity index (χ2n) is 4.60. The molecule has 0 unspecified atom stereocenters. The van der Waals surface area contributed by atoms with E-state index in [1.54, 1.807) is 7.11 Å². The van der Waals surface area contributed by atoms with Crippen LogP contribution in [-0.2, 0) is 29.4 Å². The summed E-state index contributed by atoms with van der Waals surface area (Å²) < 4.78 is 12.9. The molecule has 0 radical (unpaired) electrons. The van der Waals surface area contributed by atoms with Gasteiger partial charge in [-0.3, -0.25) is 0 Å². The van der Waals surface area contributed by atoms with Crippen LogP contribution in [-0.4, -0.2) is 24.8 Å². The minimum absolute atomic E-state index is 0.573. The molecule has 2 aromatic rings. The van der Waals surface area contributed by atoms with Gasteiger partial charge in [-0.1, -0.05) is 30.3 Å². The molecule has 0 aliphatic heterocycles. The fourth-order valence-corrected chi connectivity index (χ4v) is 1.96. The maximum atomic E-state index is 5.74. The van der Waals surface area contributed by atoms with Crippen molar-refractivity contribution in [1.82, 2.24) is 9.88 Å². The molecular weight excluding hydrogens is 252 g/mol. The van der Waals surface area contributed by atoms with Gasteiger partial charge in [-0.05, 0) is 17.7 Å². The number of nitrogens with one attached hydrogen (secondary N) is 1. The normalized spacial score (nSPS) is 10.8. The van der Waals surface area contributed by atoms with Gasteiger partial charge in [-0.25, -0.2) is 0 Å². The van der Waals surface area contributed by atoms with Gasteiger partial charge < -0.3 is 19.4 Å². The summed E-state index contributed by atoms with van der Waals surface area (Å²) in [5.41, 5.74) is 2.41. The lowest BCUT2D eigenvalue weighted by atomic mass is 10.2. The number of hydrogen-bond donors (Lipinski definition) is 1. The van der Waals surface area contributed by atoms with Crippen molar-refractivity contribution in [3.63, 3.8) is 0 Å². The molecule has 0 aliphatic carbocycles. The minimum atomic E-state index is 0.573. The third kappa shape index (κ3) is 4.81. The molecule has 0 aliphatic rings. The number of nitrogens with zero attached hydrogens (tertiary/aromatic N) is 1. The van der Waals surface area contributed by atoms with Crippen molar-refractivity contribution in [2.24, 2.45) is 0 Å². The zero-order chi connectivity index (χ0) is 14.0. The number of rotatable bonds is 9. The van der Waals surface area contributed by atoms with Crippen molar-refractivity contribution in [3.05, 3.63) is 59.9 Å². The lowest BCUT2D eigenvalue weighted by Gasteiger charge is -2.11. The summed E-state index contributed by atoms with van der Waals surface area (Å²) in [5, 5.41) is 3.34. The van der Waals surface area contributed by atoms with E-state index in [0.717, 1.165) is 19.7 Å². The van der Waals surface area contributed by atoms with E-state index in [1.165, 1.54) is 11.3 Å². The number of aromatic nitrogens is 1. The van der Waals surface area contributed by atoms with Crippen LogP contribution in [0.3, 0.4) is 0 Å². The Hall–Kier alpha value is -1.62. The van der Waals surface area contributed by atoms with E-state index >= 15 is 0 Å². The van der Waals surface area contributed by atoms with Crippen LogP contribution in [0.5, 0.6) is 0 Å². The monoisotopic (exact) mass is 274 g/mol. The van der Waals surface area contributed by atoms with Gasteiger partial charge in [0.05, 0.1) is 13.2 Å². The van der Waals surface area contributed by atoms with Crippen molar-refractivity contribution >= 4 is 0 Å². The summed E-state index contributed by atoms with van der Waals surface area (Å²) in [6, 6.07) is 14.4. The second kappa shape index (κ2) is 8.53. The Kier molecular flexibility index (Phi) is 6.31. The first-order chi connectivity index (χ1) is 9.90. The Bertz CT molecular complexity index is 482. The van der Waals surface area contributed by atoms with E-state index in [9.17, 15) is 0 Å². The first-order valence-corrected chi connectivity index (χ1v) is 6.85. The third-order valence-electron chi connectivity index (χ3n) is 3.05. The molecule has 0 bridgehead atoms. The van der Waals surface area contributed by atoms with Crippen molar-refractivity contribution in [2.75, 3.05) is 20.3 Å². The highest BCUT2D eigenvalue weighted by Crippen LogP contribution is 2.05. The van der Waals surface area contributed by atoms with Crippen molar-refractivity contribution in [1.29, 1.82) is 0 Å². The predicted octanol–water partition coefficient (Wildman–Crippen LogP) is 2.40. The van der Waals surface area contributed by atoms with Gasteiger partial charge >= 0.3 is 0 Å². The van der Waals surface area contributed by atoms with Crippen LogP contribution in [0.15, 0.2) is 48.7 Å². The largest absolute Gasteiger partial charge is 0.383 e. The van der Waals surface area contributed by atoms with Crippen LogP contribution < -0.4 is 5.32 Å². The Balaban J connectivity index is 1.74. The minimum Gasteiger partial charge on any atom is -0.383 e. The lowest BCUT2D eigenvalue weighted by molar-refractivity contribution is 0.0623. The van der Waals surface area contributed by atoms with Crippen LogP contribution in [0, 0.1) is 0 Å². The van der Waals surface area contributed by atoms with Crippen LogP contribution >= 0.6 is 0 Å². The summed E-state index contributed by atoms with van der Waals surface area (Å²) in [4.78, 5) is 0. The molecule has 2 rings (SSSR count). The highest BCUT2D eigenvalue weighted by Gasteiger charge is 2.00. The lowest BCUT2D eigenvalue weighted by Crippen LogP contribution is -2.20. The molecule has 0 saturated heterocycles. The summed E-state index contributed by atoms with van der Waals surface area (Å²) in [5.74, 6) is 0. The van der Waals surface area contributed by atoms with E-state index < -0.39 is 0 Å². The quantitative estimate of drug-likeness (QED) is 0.713. The first kappa shape index (κ1) is 14.8. The molecule has 4 heteroatoms. The SMILES string of the molecule is COCCNCc1cccn1COCc1ccccc1. The molecule has 0 amide bonds. The maximum Gasteiger partial charge on any atom is 0.123 e. The number of benzene rings is 1. The number of hydrogen-bond acceptors (Lipinski definition) is 3. The van der Waals surface area contributed by atoms with E-state index in [4.69, 9.17) is 9.47 Å². The van der Waals surface area contributed by atoms with Crippen LogP contribution in [0.1, 0.15) is 11.3 Å². The predicted molar refractivity (Wildman–Crippen MR) is 79.2 cm³/mol. The Labute approximate surface area is 120 Å². The summed E-state index contributed by atoms with van der Waals surface area (Å²) in [7, 11) is 1.71. The standard InChI is InChI=1S/C16H22N2O2/c1-19-11-9-17-12-16-8-5-10-18(16)14-20-13-15-6-3-2-4-7-15/h2-8,10,17H,9,11-14H2,1H3. The van der Waals surface area contributed by atoms with Gasteiger partial charge in [0.25, 0.3) is 0 Å². The molecule has 20 heavy (non-hydrogen) atoms. The van der Waals surface area contributed by atoms with Crippen LogP contribution in [0.2, 0.25) is 0 Å². The molecule has 1 heterocycles. The van der Waals surface area contributed by atoms with Gasteiger partial charge in [0.15, 0.2) is 0 Å². The second-order valence-corrected chi connectivity index (χ2v) is 4.60. The smallest absolute Gasteiger partial charge is 0.123 e. The van der Waals surface area contributed by atoms with Gasteiger partial charge in [-0.2, -0.15) is 0 Å². The van der Waals surface area contributed by atoms with Crippen molar-refractivity contribution in [3.8, 4) is 0 Å². The van der Waals surface area contributed by atoms with E-state index in [-0.39, 0.29) is 0 Å².